The summed E-state index contributed by atoms with van der Waals surface area (Å²) in [6.45, 7) is 6.73. The van der Waals surface area contributed by atoms with Gasteiger partial charge in [-0.05, 0) is 57.2 Å². The zero-order valence-corrected chi connectivity index (χ0v) is 20.9. The molecule has 0 bridgehead atoms. The molecule has 35 heavy (non-hydrogen) atoms. The molecule has 0 radical (unpaired) electrons. The van der Waals surface area contributed by atoms with Gasteiger partial charge in [-0.25, -0.2) is 4.79 Å². The minimum Gasteiger partial charge on any atom is -0.507 e. The second-order valence-corrected chi connectivity index (χ2v) is 9.81. The summed E-state index contributed by atoms with van der Waals surface area (Å²) in [5.74, 6) is -0.988. The van der Waals surface area contributed by atoms with Gasteiger partial charge in [-0.2, -0.15) is 0 Å². The van der Waals surface area contributed by atoms with E-state index in [0.29, 0.717) is 43.9 Å². The van der Waals surface area contributed by atoms with Crippen molar-refractivity contribution < 1.29 is 29.0 Å². The van der Waals surface area contributed by atoms with Crippen LogP contribution < -0.4 is 4.74 Å². The summed E-state index contributed by atoms with van der Waals surface area (Å²) in [6, 6.07) is 9.69. The highest BCUT2D eigenvalue weighted by atomic mass is 32.1. The van der Waals surface area contributed by atoms with Crippen molar-refractivity contribution in [2.75, 3.05) is 19.7 Å². The molecule has 2 aliphatic rings. The van der Waals surface area contributed by atoms with Crippen molar-refractivity contribution in [3.63, 3.8) is 0 Å². The highest BCUT2D eigenvalue weighted by molar-refractivity contribution is 7.10. The summed E-state index contributed by atoms with van der Waals surface area (Å²) in [5.41, 5.74) is 0.492. The number of carbonyl (C=O) groups is 3. The molecule has 1 atom stereocenters. The maximum atomic E-state index is 13.3. The number of aliphatic hydroxyl groups is 1. The van der Waals surface area contributed by atoms with Crippen molar-refractivity contribution in [3.8, 4) is 5.75 Å². The predicted octanol–water partition coefficient (Wildman–Crippen LogP) is 4.58. The number of thiophene rings is 1. The van der Waals surface area contributed by atoms with E-state index in [0.717, 1.165) is 4.88 Å². The smallest absolute Gasteiger partial charge is 0.409 e. The fraction of sp³-hybridized carbons (Fsp3) is 0.423. The van der Waals surface area contributed by atoms with E-state index in [4.69, 9.17) is 9.47 Å². The molecule has 2 fully saturated rings. The van der Waals surface area contributed by atoms with Crippen LogP contribution in [-0.2, 0) is 14.3 Å². The number of hydrogen-bond acceptors (Lipinski definition) is 7. The van der Waals surface area contributed by atoms with Gasteiger partial charge in [0.1, 0.15) is 11.5 Å². The number of benzene rings is 1. The van der Waals surface area contributed by atoms with Gasteiger partial charge in [-0.15, -0.1) is 11.3 Å². The van der Waals surface area contributed by atoms with Crippen molar-refractivity contribution >= 4 is 34.9 Å². The first-order valence-electron chi connectivity index (χ1n) is 11.8. The molecule has 1 N–H and O–H groups in total. The number of Topliss-reactive ketones (excluding diaryl/α,β-unsaturated/α-hetero) is 1. The third-order valence-corrected chi connectivity index (χ3v) is 7.08. The number of nitrogens with zero attached hydrogens (tertiary/aromatic N) is 2. The minimum atomic E-state index is -0.705. The second-order valence-electron chi connectivity index (χ2n) is 8.83. The van der Waals surface area contributed by atoms with Gasteiger partial charge in [-0.1, -0.05) is 18.2 Å². The molecule has 186 valence electrons. The molecule has 0 spiro atoms. The highest BCUT2D eigenvalue weighted by Crippen LogP contribution is 2.43. The van der Waals surface area contributed by atoms with Gasteiger partial charge in [0.2, 0.25) is 0 Å². The quantitative estimate of drug-likeness (QED) is 0.356. The standard InChI is InChI=1S/C26H30N2O6S/c1-4-33-26(32)27-12-10-18(11-13-27)28-22(20-9-6-14-35-20)21(24(30)25(28)31)23(29)17-7-5-8-19(15-17)34-16(2)3/h5-9,14-16,18,22,29H,4,10-13H2,1-3H3/b23-21-. The Hall–Kier alpha value is -3.33. The number of carbonyl (C=O) groups excluding carboxylic acids is 3. The van der Waals surface area contributed by atoms with Gasteiger partial charge < -0.3 is 24.4 Å². The summed E-state index contributed by atoms with van der Waals surface area (Å²) >= 11 is 1.43. The van der Waals surface area contributed by atoms with Crippen LogP contribution in [0.5, 0.6) is 5.75 Å². The average Bonchev–Trinajstić information content (AvgIpc) is 3.46. The van der Waals surface area contributed by atoms with Gasteiger partial charge >= 0.3 is 6.09 Å². The third-order valence-electron chi connectivity index (χ3n) is 6.16. The monoisotopic (exact) mass is 498 g/mol. The van der Waals surface area contributed by atoms with Crippen molar-refractivity contribution in [3.05, 3.63) is 57.8 Å². The fourth-order valence-electron chi connectivity index (χ4n) is 4.64. The van der Waals surface area contributed by atoms with Crippen molar-refractivity contribution in [1.29, 1.82) is 0 Å². The Labute approximate surface area is 208 Å². The molecule has 2 aromatic rings. The molecular formula is C26H30N2O6S. The first-order valence-corrected chi connectivity index (χ1v) is 12.7. The van der Waals surface area contributed by atoms with Crippen LogP contribution in [0, 0.1) is 0 Å². The molecule has 2 aliphatic heterocycles. The second kappa shape index (κ2) is 10.5. The number of aliphatic hydroxyl groups excluding tert-OH is 1. The van der Waals surface area contributed by atoms with E-state index < -0.39 is 17.7 Å². The largest absolute Gasteiger partial charge is 0.507 e. The van der Waals surface area contributed by atoms with E-state index in [9.17, 15) is 19.5 Å². The molecule has 0 saturated carbocycles. The molecule has 2 amide bonds. The molecule has 3 heterocycles. The van der Waals surface area contributed by atoms with Crippen molar-refractivity contribution in [2.45, 2.75) is 51.8 Å². The number of amides is 2. The SMILES string of the molecule is CCOC(=O)N1CCC(N2C(=O)C(=O)/C(=C(\O)c3cccc(OC(C)C)c3)C2c2cccs2)CC1. The zero-order valence-electron chi connectivity index (χ0n) is 20.1. The Balaban J connectivity index is 1.68. The highest BCUT2D eigenvalue weighted by Gasteiger charge is 2.49. The minimum absolute atomic E-state index is 0.0513. The number of piperidine rings is 1. The Bertz CT molecular complexity index is 1120. The Morgan fingerprint density at radius 1 is 1.17 bits per heavy atom. The molecule has 1 aromatic heterocycles. The van der Waals surface area contributed by atoms with Crippen LogP contribution in [0.2, 0.25) is 0 Å². The fourth-order valence-corrected chi connectivity index (χ4v) is 5.47. The summed E-state index contributed by atoms with van der Waals surface area (Å²) in [6.07, 6.45) is 0.618. The van der Waals surface area contributed by atoms with Gasteiger partial charge in [-0.3, -0.25) is 9.59 Å². The number of ether oxygens (including phenoxy) is 2. The van der Waals surface area contributed by atoms with Crippen LogP contribution in [0.15, 0.2) is 47.4 Å². The summed E-state index contributed by atoms with van der Waals surface area (Å²) < 4.78 is 10.8. The zero-order chi connectivity index (χ0) is 25.1. The van der Waals surface area contributed by atoms with Crippen LogP contribution in [0.25, 0.3) is 5.76 Å². The van der Waals surface area contributed by atoms with E-state index in [1.54, 1.807) is 41.0 Å². The third kappa shape index (κ3) is 5.05. The molecule has 1 aromatic carbocycles. The van der Waals surface area contributed by atoms with E-state index in [-0.39, 0.29) is 29.6 Å². The predicted molar refractivity (Wildman–Crippen MR) is 132 cm³/mol. The number of hydrogen-bond donors (Lipinski definition) is 1. The maximum absolute atomic E-state index is 13.3. The average molecular weight is 499 g/mol. The number of ketones is 1. The molecule has 0 aliphatic carbocycles. The van der Waals surface area contributed by atoms with Crippen molar-refractivity contribution in [2.24, 2.45) is 0 Å². The van der Waals surface area contributed by atoms with E-state index in [1.165, 1.54) is 11.3 Å². The Kier molecular flexibility index (Phi) is 7.45. The normalized spacial score (nSPS) is 20.5. The van der Waals surface area contributed by atoms with Crippen LogP contribution in [0.4, 0.5) is 4.79 Å². The lowest BCUT2D eigenvalue weighted by molar-refractivity contribution is -0.142. The topological polar surface area (TPSA) is 96.4 Å². The molecular weight excluding hydrogens is 468 g/mol. The lowest BCUT2D eigenvalue weighted by atomic mass is 9.97. The lowest BCUT2D eigenvalue weighted by Crippen LogP contribution is -2.48. The van der Waals surface area contributed by atoms with E-state index in [1.807, 2.05) is 31.4 Å². The van der Waals surface area contributed by atoms with Crippen LogP contribution in [-0.4, -0.2) is 64.5 Å². The van der Waals surface area contributed by atoms with Gasteiger partial charge in [0.05, 0.1) is 24.3 Å². The van der Waals surface area contributed by atoms with Gasteiger partial charge in [0.15, 0.2) is 0 Å². The van der Waals surface area contributed by atoms with Crippen LogP contribution >= 0.6 is 11.3 Å². The number of rotatable bonds is 6. The first-order chi connectivity index (χ1) is 16.8. The van der Waals surface area contributed by atoms with E-state index in [2.05, 4.69) is 0 Å². The Morgan fingerprint density at radius 3 is 2.54 bits per heavy atom. The first kappa shape index (κ1) is 24.8. The van der Waals surface area contributed by atoms with Crippen LogP contribution in [0.3, 0.4) is 0 Å². The molecule has 1 unspecified atom stereocenters. The van der Waals surface area contributed by atoms with Crippen molar-refractivity contribution in [1.82, 2.24) is 9.80 Å². The van der Waals surface area contributed by atoms with E-state index >= 15 is 0 Å². The maximum Gasteiger partial charge on any atom is 0.409 e. The Morgan fingerprint density at radius 2 is 1.91 bits per heavy atom. The van der Waals surface area contributed by atoms with Gasteiger partial charge in [0, 0.05) is 29.6 Å². The molecule has 2 saturated heterocycles. The summed E-state index contributed by atoms with van der Waals surface area (Å²) in [7, 11) is 0. The molecule has 8 nitrogen and oxygen atoms in total. The summed E-state index contributed by atoms with van der Waals surface area (Å²) in [4.78, 5) is 42.7. The summed E-state index contributed by atoms with van der Waals surface area (Å²) in [5, 5.41) is 13.2. The lowest BCUT2D eigenvalue weighted by Gasteiger charge is -2.38. The number of likely N-dealkylation sites (tertiary alicyclic amines) is 2. The molecule has 9 heteroatoms. The van der Waals surface area contributed by atoms with Gasteiger partial charge in [0.25, 0.3) is 11.7 Å². The molecule has 4 rings (SSSR count). The van der Waals surface area contributed by atoms with Crippen LogP contribution in [0.1, 0.15) is 50.1 Å².